The van der Waals surface area contributed by atoms with E-state index in [1.54, 1.807) is 4.90 Å². The third kappa shape index (κ3) is 6.45. The van der Waals surface area contributed by atoms with E-state index in [-0.39, 0.29) is 36.0 Å². The smallest absolute Gasteiger partial charge is 0.228 e. The van der Waals surface area contributed by atoms with Gasteiger partial charge in [-0.2, -0.15) is 5.10 Å². The lowest BCUT2D eigenvalue weighted by atomic mass is 9.88. The molecule has 0 radical (unpaired) electrons. The van der Waals surface area contributed by atoms with E-state index >= 15 is 0 Å². The van der Waals surface area contributed by atoms with Gasteiger partial charge in [0.2, 0.25) is 17.7 Å². The summed E-state index contributed by atoms with van der Waals surface area (Å²) in [5, 5.41) is 11.4. The first-order valence-electron chi connectivity index (χ1n) is 15.5. The molecule has 6 rings (SSSR count). The van der Waals surface area contributed by atoms with E-state index in [9.17, 15) is 14.4 Å². The van der Waals surface area contributed by atoms with E-state index in [4.69, 9.17) is 4.74 Å². The van der Waals surface area contributed by atoms with Crippen LogP contribution < -0.4 is 10.1 Å². The standard InChI is InChI=1S/C33H41N5O4/c39-31(14-13-23-7-1-2-8-23)38-21-27-24-9-5-10-25(19-24)42-18-6-16-37(17-15-34-33(41)28(27)22-38)32(40)20-30-26-11-3-4-12-29(26)35-36-30/h3-5,9-12,19,23,27-28H,1-2,6-8,13-18,20-22H2,(H,34,41)(H,35,36)/t27-,28+/m1/s1. The first-order chi connectivity index (χ1) is 20.5. The van der Waals surface area contributed by atoms with Gasteiger partial charge in [-0.1, -0.05) is 56.0 Å². The molecule has 0 spiro atoms. The number of carbonyl (C=O) groups is 3. The zero-order valence-corrected chi connectivity index (χ0v) is 24.2. The van der Waals surface area contributed by atoms with Gasteiger partial charge in [0, 0.05) is 50.4 Å². The van der Waals surface area contributed by atoms with E-state index < -0.39 is 0 Å². The van der Waals surface area contributed by atoms with Gasteiger partial charge in [-0.25, -0.2) is 0 Å². The largest absolute Gasteiger partial charge is 0.494 e. The minimum Gasteiger partial charge on any atom is -0.494 e. The van der Waals surface area contributed by atoms with Crippen LogP contribution in [0.15, 0.2) is 48.5 Å². The molecule has 9 heteroatoms. The Bertz CT molecular complexity index is 1410. The number of nitrogens with one attached hydrogen (secondary N) is 2. The van der Waals surface area contributed by atoms with Crippen LogP contribution in [0.5, 0.6) is 5.75 Å². The Hall–Kier alpha value is -3.88. The molecule has 2 N–H and O–H groups in total. The van der Waals surface area contributed by atoms with E-state index in [0.29, 0.717) is 58.1 Å². The van der Waals surface area contributed by atoms with E-state index in [2.05, 4.69) is 15.5 Å². The molecule has 1 saturated heterocycles. The Morgan fingerprint density at radius 1 is 0.929 bits per heavy atom. The number of carbonyl (C=O) groups excluding carboxylic acids is 3. The van der Waals surface area contributed by atoms with Gasteiger partial charge >= 0.3 is 0 Å². The second-order valence-electron chi connectivity index (χ2n) is 12.0. The number of ether oxygens (including phenoxy) is 1. The summed E-state index contributed by atoms with van der Waals surface area (Å²) in [6.45, 7) is 2.72. The Morgan fingerprint density at radius 3 is 2.64 bits per heavy atom. The molecular formula is C33H41N5O4. The Kier molecular flexibility index (Phi) is 8.72. The zero-order valence-electron chi connectivity index (χ0n) is 24.2. The number of likely N-dealkylation sites (tertiary alicyclic amines) is 1. The normalized spacial score (nSPS) is 22.0. The summed E-state index contributed by atoms with van der Waals surface area (Å²) in [7, 11) is 0. The number of aromatic amines is 1. The zero-order chi connectivity index (χ0) is 28.9. The molecule has 2 bridgehead atoms. The summed E-state index contributed by atoms with van der Waals surface area (Å²) in [4.78, 5) is 43.9. The van der Waals surface area contributed by atoms with Gasteiger partial charge in [0.05, 0.1) is 30.2 Å². The number of benzene rings is 2. The van der Waals surface area contributed by atoms with Gasteiger partial charge in [0.1, 0.15) is 5.75 Å². The molecule has 0 unspecified atom stereocenters. The molecule has 9 nitrogen and oxygen atoms in total. The van der Waals surface area contributed by atoms with Gasteiger partial charge in [-0.15, -0.1) is 0 Å². The number of hydrogen-bond donors (Lipinski definition) is 2. The highest BCUT2D eigenvalue weighted by molar-refractivity contribution is 5.87. The number of H-pyrrole nitrogens is 1. The topological polar surface area (TPSA) is 108 Å². The monoisotopic (exact) mass is 571 g/mol. The predicted octanol–water partition coefficient (Wildman–Crippen LogP) is 4.05. The fraction of sp³-hybridized carbons (Fsp3) is 0.515. The molecule has 1 aromatic heterocycles. The van der Waals surface area contributed by atoms with Crippen LogP contribution in [0, 0.1) is 11.8 Å². The summed E-state index contributed by atoms with van der Waals surface area (Å²) in [6.07, 6.45) is 7.37. The number of amides is 3. The molecule has 2 atom stereocenters. The maximum Gasteiger partial charge on any atom is 0.228 e. The quantitative estimate of drug-likeness (QED) is 0.481. The number of rotatable bonds is 5. The minimum atomic E-state index is -0.348. The molecule has 1 aliphatic carbocycles. The lowest BCUT2D eigenvalue weighted by molar-refractivity contribution is -0.132. The first-order valence-corrected chi connectivity index (χ1v) is 15.5. The van der Waals surface area contributed by atoms with Crippen molar-refractivity contribution < 1.29 is 19.1 Å². The second kappa shape index (κ2) is 13.0. The van der Waals surface area contributed by atoms with Crippen LogP contribution in [0.2, 0.25) is 0 Å². The molecule has 2 fully saturated rings. The number of aromatic nitrogens is 2. The summed E-state index contributed by atoms with van der Waals surface area (Å²) in [6, 6.07) is 15.7. The molecule has 2 aromatic carbocycles. The lowest BCUT2D eigenvalue weighted by Gasteiger charge is -2.25. The molecule has 3 aliphatic rings. The fourth-order valence-electron chi connectivity index (χ4n) is 6.89. The molecular weight excluding hydrogens is 530 g/mol. The van der Waals surface area contributed by atoms with Crippen molar-refractivity contribution in [2.45, 2.75) is 57.3 Å². The van der Waals surface area contributed by atoms with Crippen LogP contribution in [0.3, 0.4) is 0 Å². The molecule has 3 heterocycles. The fourth-order valence-corrected chi connectivity index (χ4v) is 6.89. The van der Waals surface area contributed by atoms with Crippen LogP contribution in [0.25, 0.3) is 10.9 Å². The Labute approximate surface area is 247 Å². The van der Waals surface area contributed by atoms with Crippen molar-refractivity contribution in [1.82, 2.24) is 25.3 Å². The van der Waals surface area contributed by atoms with E-state index in [0.717, 1.165) is 34.3 Å². The molecule has 3 amide bonds. The van der Waals surface area contributed by atoms with Crippen molar-refractivity contribution in [3.05, 3.63) is 59.8 Å². The minimum absolute atomic E-state index is 0.0227. The van der Waals surface area contributed by atoms with Crippen LogP contribution in [0.4, 0.5) is 0 Å². The summed E-state index contributed by atoms with van der Waals surface area (Å²) in [5.74, 6) is 1.02. The molecule has 1 saturated carbocycles. The van der Waals surface area contributed by atoms with Gasteiger partial charge in [0.25, 0.3) is 0 Å². The average molecular weight is 572 g/mol. The number of nitrogens with zero attached hydrogens (tertiary/aromatic N) is 3. The van der Waals surface area contributed by atoms with Crippen molar-refractivity contribution in [3.63, 3.8) is 0 Å². The van der Waals surface area contributed by atoms with Crippen LogP contribution in [0.1, 0.15) is 62.1 Å². The number of hydrogen-bond acceptors (Lipinski definition) is 5. The average Bonchev–Trinajstić information content (AvgIpc) is 3.77. The number of fused-ring (bicyclic) bond motifs is 5. The molecule has 42 heavy (non-hydrogen) atoms. The van der Waals surface area contributed by atoms with Crippen molar-refractivity contribution in [1.29, 1.82) is 0 Å². The van der Waals surface area contributed by atoms with Gasteiger partial charge in [0.15, 0.2) is 0 Å². The molecule has 3 aromatic rings. The third-order valence-electron chi connectivity index (χ3n) is 9.28. The highest BCUT2D eigenvalue weighted by Crippen LogP contribution is 2.36. The Balaban J connectivity index is 1.15. The van der Waals surface area contributed by atoms with Crippen LogP contribution >= 0.6 is 0 Å². The second-order valence-corrected chi connectivity index (χ2v) is 12.0. The number of para-hydroxylation sites is 1. The highest BCUT2D eigenvalue weighted by atomic mass is 16.5. The van der Waals surface area contributed by atoms with Gasteiger partial charge in [-0.3, -0.25) is 19.5 Å². The van der Waals surface area contributed by atoms with Crippen LogP contribution in [-0.4, -0.2) is 77.0 Å². The molecule has 2 aliphatic heterocycles. The highest BCUT2D eigenvalue weighted by Gasteiger charge is 2.40. The summed E-state index contributed by atoms with van der Waals surface area (Å²) < 4.78 is 6.09. The SMILES string of the molecule is O=C1NCCN(C(=O)Cc2[nH]nc3ccccc23)CCCOc2cccc(c2)[C@H]2CN(C(=O)CCC3CCCC3)C[C@H]12. The maximum absolute atomic E-state index is 13.6. The van der Waals surface area contributed by atoms with Crippen LogP contribution in [-0.2, 0) is 20.8 Å². The van der Waals surface area contributed by atoms with E-state index in [1.165, 1.54) is 25.7 Å². The van der Waals surface area contributed by atoms with Gasteiger partial charge < -0.3 is 19.9 Å². The third-order valence-corrected chi connectivity index (χ3v) is 9.28. The van der Waals surface area contributed by atoms with Crippen molar-refractivity contribution in [2.24, 2.45) is 11.8 Å². The van der Waals surface area contributed by atoms with Crippen molar-refractivity contribution >= 4 is 28.6 Å². The summed E-state index contributed by atoms with van der Waals surface area (Å²) in [5.41, 5.74) is 2.65. The lowest BCUT2D eigenvalue weighted by Crippen LogP contribution is -2.42. The maximum atomic E-state index is 13.6. The van der Waals surface area contributed by atoms with Gasteiger partial charge in [-0.05, 0) is 42.5 Å². The van der Waals surface area contributed by atoms with E-state index in [1.807, 2.05) is 53.4 Å². The van der Waals surface area contributed by atoms with Crippen molar-refractivity contribution in [2.75, 3.05) is 39.3 Å². The summed E-state index contributed by atoms with van der Waals surface area (Å²) >= 11 is 0. The molecule has 222 valence electrons. The first kappa shape index (κ1) is 28.2. The van der Waals surface area contributed by atoms with Crippen molar-refractivity contribution in [3.8, 4) is 5.75 Å². The Morgan fingerprint density at radius 2 is 1.76 bits per heavy atom. The predicted molar refractivity (Wildman–Crippen MR) is 160 cm³/mol.